The van der Waals surface area contributed by atoms with E-state index in [2.05, 4.69) is 56.4 Å². The Hall–Kier alpha value is -0.940. The number of hydrogen-bond donors (Lipinski definition) is 0. The van der Waals surface area contributed by atoms with Crippen LogP contribution in [-0.4, -0.2) is 51.7 Å². The van der Waals surface area contributed by atoms with Crippen molar-refractivity contribution in [3.05, 3.63) is 14.7 Å². The number of nitrogens with zero attached hydrogens (tertiary/aromatic N) is 3. The van der Waals surface area contributed by atoms with Crippen molar-refractivity contribution in [2.45, 2.75) is 131 Å². The van der Waals surface area contributed by atoms with Gasteiger partial charge in [0.25, 0.3) is 0 Å². The molecule has 216 valence electrons. The molecule has 1 rings (SSSR count). The van der Waals surface area contributed by atoms with Gasteiger partial charge in [0, 0.05) is 27.2 Å². The first-order valence-electron chi connectivity index (χ1n) is 15.6. The zero-order valence-electron chi connectivity index (χ0n) is 25.8. The molecule has 0 N–H and O–H groups in total. The lowest BCUT2D eigenvalue weighted by Gasteiger charge is -2.31. The molecule has 0 bridgehead atoms. The summed E-state index contributed by atoms with van der Waals surface area (Å²) in [6, 6.07) is 0. The average Bonchev–Trinajstić information content (AvgIpc) is 2.84. The Balaban J connectivity index is 2.56. The third-order valence-corrected chi connectivity index (χ3v) is 8.05. The van der Waals surface area contributed by atoms with Gasteiger partial charge in [-0.2, -0.15) is 0 Å². The van der Waals surface area contributed by atoms with Crippen LogP contribution >= 0.6 is 12.2 Å². The molecule has 4 nitrogen and oxygen atoms in total. The average molecular weight is 536 g/mol. The highest BCUT2D eigenvalue weighted by Gasteiger charge is 2.24. The van der Waals surface area contributed by atoms with E-state index in [9.17, 15) is 4.79 Å². The van der Waals surface area contributed by atoms with Crippen LogP contribution < -0.4 is 15.2 Å². The minimum absolute atomic E-state index is 0.0582. The lowest BCUT2D eigenvalue weighted by Crippen LogP contribution is -2.35. The Kier molecular flexibility index (Phi) is 17.7. The second-order valence-electron chi connectivity index (χ2n) is 12.6. The van der Waals surface area contributed by atoms with Gasteiger partial charge in [-0.1, -0.05) is 111 Å². The molecule has 0 spiro atoms. The fourth-order valence-corrected chi connectivity index (χ4v) is 5.59. The Morgan fingerprint density at radius 3 is 1.54 bits per heavy atom. The molecule has 1 aromatic rings. The monoisotopic (exact) mass is 535 g/mol. The second-order valence-corrected chi connectivity index (χ2v) is 13.0. The highest BCUT2D eigenvalue weighted by atomic mass is 32.1. The Labute approximate surface area is 235 Å². The van der Waals surface area contributed by atoms with Crippen LogP contribution in [-0.2, 0) is 0 Å². The maximum Gasteiger partial charge on any atom is 0.224 e. The van der Waals surface area contributed by atoms with Crippen molar-refractivity contribution < 1.29 is 0 Å². The molecule has 37 heavy (non-hydrogen) atoms. The molecular weight excluding hydrogens is 474 g/mol. The molecule has 0 aromatic heterocycles. The Bertz CT molecular complexity index is 762. The molecule has 0 amide bonds. The van der Waals surface area contributed by atoms with E-state index in [1.807, 2.05) is 7.05 Å². The van der Waals surface area contributed by atoms with Gasteiger partial charge in [0.15, 0.2) is 0 Å². The van der Waals surface area contributed by atoms with Gasteiger partial charge in [-0.15, -0.1) is 0 Å². The van der Waals surface area contributed by atoms with Crippen LogP contribution in [0, 0.1) is 9.93 Å². The highest BCUT2D eigenvalue weighted by molar-refractivity contribution is 7.71. The summed E-state index contributed by atoms with van der Waals surface area (Å²) in [7, 11) is 4.16. The molecule has 0 aliphatic heterocycles. The lowest BCUT2D eigenvalue weighted by atomic mass is 9.90. The molecular formula is C32H61N3OS. The Morgan fingerprint density at radius 1 is 0.595 bits per heavy atom. The third kappa shape index (κ3) is 14.1. The van der Waals surface area contributed by atoms with Crippen molar-refractivity contribution >= 4 is 23.6 Å². The molecule has 5 heteroatoms. The summed E-state index contributed by atoms with van der Waals surface area (Å²) in [6.07, 6.45) is 19.7. The number of hydrogen-bond acceptors (Lipinski definition) is 5. The fourth-order valence-electron chi connectivity index (χ4n) is 5.24. The summed E-state index contributed by atoms with van der Waals surface area (Å²) in [6.45, 7) is 16.8. The van der Waals surface area contributed by atoms with E-state index in [0.29, 0.717) is 9.93 Å². The van der Waals surface area contributed by atoms with Crippen LogP contribution in [0.3, 0.4) is 0 Å². The first-order valence-corrected chi connectivity index (χ1v) is 16.0. The summed E-state index contributed by atoms with van der Waals surface area (Å²) in [4.78, 5) is 19.7. The van der Waals surface area contributed by atoms with Crippen LogP contribution in [0.25, 0.3) is 0 Å². The molecule has 0 aliphatic rings. The van der Waals surface area contributed by atoms with Crippen molar-refractivity contribution in [2.24, 2.45) is 5.41 Å². The quantitative estimate of drug-likeness (QED) is 0.103. The van der Waals surface area contributed by atoms with Gasteiger partial charge in [-0.3, -0.25) is 4.79 Å². The van der Waals surface area contributed by atoms with Gasteiger partial charge in [0.2, 0.25) is 5.43 Å². The van der Waals surface area contributed by atoms with E-state index in [4.69, 9.17) is 12.2 Å². The van der Waals surface area contributed by atoms with Gasteiger partial charge >= 0.3 is 0 Å². The zero-order chi connectivity index (χ0) is 27.7. The Morgan fingerprint density at radius 2 is 1.03 bits per heavy atom. The predicted octanol–water partition coefficient (Wildman–Crippen LogP) is 8.76. The van der Waals surface area contributed by atoms with E-state index in [1.54, 1.807) is 0 Å². The number of unbranched alkanes of at least 4 members (excludes halogenated alkanes) is 10. The van der Waals surface area contributed by atoms with Crippen molar-refractivity contribution in [3.8, 4) is 0 Å². The van der Waals surface area contributed by atoms with Gasteiger partial charge in [0.1, 0.15) is 10.2 Å². The molecule has 0 fully saturated rings. The van der Waals surface area contributed by atoms with Crippen molar-refractivity contribution in [1.29, 1.82) is 0 Å². The van der Waals surface area contributed by atoms with Crippen molar-refractivity contribution in [1.82, 2.24) is 4.90 Å². The first kappa shape index (κ1) is 34.1. The predicted molar refractivity (Wildman–Crippen MR) is 169 cm³/mol. The molecule has 0 saturated heterocycles. The van der Waals surface area contributed by atoms with E-state index < -0.39 is 0 Å². The minimum Gasteiger partial charge on any atom is -0.371 e. The normalized spacial score (nSPS) is 12.1. The van der Waals surface area contributed by atoms with Gasteiger partial charge < -0.3 is 14.7 Å². The van der Waals surface area contributed by atoms with Gasteiger partial charge in [-0.05, 0) is 57.2 Å². The molecule has 0 radical (unpaired) electrons. The highest BCUT2D eigenvalue weighted by Crippen LogP contribution is 2.30. The second kappa shape index (κ2) is 19.2. The maximum atomic E-state index is 12.6. The fraction of sp³-hybridized carbons (Fsp3) is 0.875. The standard InChI is InChI=1S/C32H61N3OS/c1-8-10-12-14-16-18-25-35(26-19-17-15-13-11-9-2)27-21-24-34(7)29-28(30(36)31(29)37)33(6)23-20-22-32(3,4)5/h8-27H2,1-7H3. The van der Waals surface area contributed by atoms with Crippen LogP contribution in [0.4, 0.5) is 11.4 Å². The van der Waals surface area contributed by atoms with E-state index in [1.165, 1.54) is 90.1 Å². The maximum absolute atomic E-state index is 12.6. The molecule has 0 aliphatic carbocycles. The van der Waals surface area contributed by atoms with Crippen LogP contribution in [0.1, 0.15) is 131 Å². The molecule has 0 unspecified atom stereocenters. The van der Waals surface area contributed by atoms with Crippen LogP contribution in [0.5, 0.6) is 0 Å². The zero-order valence-corrected chi connectivity index (χ0v) is 26.6. The van der Waals surface area contributed by atoms with Crippen LogP contribution in [0.15, 0.2) is 4.79 Å². The van der Waals surface area contributed by atoms with Gasteiger partial charge in [0.05, 0.1) is 5.69 Å². The minimum atomic E-state index is 0.0582. The first-order chi connectivity index (χ1) is 17.6. The molecule has 0 atom stereocenters. The summed E-state index contributed by atoms with van der Waals surface area (Å²) in [5.74, 6) is 0. The largest absolute Gasteiger partial charge is 0.371 e. The number of rotatable bonds is 23. The van der Waals surface area contributed by atoms with E-state index in [0.717, 1.165) is 50.3 Å². The van der Waals surface area contributed by atoms with E-state index in [-0.39, 0.29) is 5.43 Å². The summed E-state index contributed by atoms with van der Waals surface area (Å²) >= 11 is 5.49. The molecule has 0 heterocycles. The SMILES string of the molecule is CCCCCCCCN(CCCCCCCC)CCCN(C)c1c(N(C)CCCC(C)(C)C)c(=O)c1=S. The van der Waals surface area contributed by atoms with Gasteiger partial charge in [-0.25, -0.2) is 0 Å². The van der Waals surface area contributed by atoms with Crippen molar-refractivity contribution in [2.75, 3.05) is 56.6 Å². The van der Waals surface area contributed by atoms with Crippen LogP contribution in [0.2, 0.25) is 0 Å². The summed E-state index contributed by atoms with van der Waals surface area (Å²) < 4.78 is 0.524. The molecule has 0 saturated carbocycles. The van der Waals surface area contributed by atoms with E-state index >= 15 is 0 Å². The smallest absolute Gasteiger partial charge is 0.224 e. The summed E-state index contributed by atoms with van der Waals surface area (Å²) in [5, 5.41) is 0. The number of anilines is 2. The third-order valence-electron chi connectivity index (χ3n) is 7.67. The van der Waals surface area contributed by atoms with Crippen molar-refractivity contribution in [3.63, 3.8) is 0 Å². The lowest BCUT2D eigenvalue weighted by molar-refractivity contribution is 0.258. The molecule has 1 aromatic carbocycles. The topological polar surface area (TPSA) is 26.8 Å². The summed E-state index contributed by atoms with van der Waals surface area (Å²) in [5.41, 5.74) is 2.21.